The Kier molecular flexibility index (Phi) is 51.8. The van der Waals surface area contributed by atoms with E-state index in [0.717, 1.165) is 51.4 Å². The van der Waals surface area contributed by atoms with Crippen LogP contribution in [0.5, 0.6) is 0 Å². The van der Waals surface area contributed by atoms with Crippen molar-refractivity contribution in [3.63, 3.8) is 0 Å². The van der Waals surface area contributed by atoms with E-state index in [1.54, 1.807) is 6.08 Å². The summed E-state index contributed by atoms with van der Waals surface area (Å²) in [4.78, 5) is 12.5. The van der Waals surface area contributed by atoms with Crippen molar-refractivity contribution in [2.45, 2.75) is 296 Å². The third-order valence-corrected chi connectivity index (χ3v) is 12.5. The first-order valence-electron chi connectivity index (χ1n) is 27.5. The van der Waals surface area contributed by atoms with Crippen LogP contribution in [-0.2, 0) is 4.79 Å². The average Bonchev–Trinajstić information content (AvgIpc) is 3.28. The number of carbonyl (C=O) groups excluding carboxylic acids is 1. The minimum Gasteiger partial charge on any atom is -0.394 e. The topological polar surface area (TPSA) is 69.6 Å². The molecule has 0 aromatic rings. The summed E-state index contributed by atoms with van der Waals surface area (Å²) in [6.07, 6.45) is 75.2. The molecule has 0 saturated carbocycles. The van der Waals surface area contributed by atoms with Crippen LogP contribution in [0, 0.1) is 0 Å². The Bertz CT molecular complexity index is 1030. The van der Waals surface area contributed by atoms with Crippen molar-refractivity contribution in [3.8, 4) is 0 Å². The van der Waals surface area contributed by atoms with Gasteiger partial charge in [0.15, 0.2) is 0 Å². The molecule has 0 aliphatic heterocycles. The van der Waals surface area contributed by atoms with E-state index in [1.807, 2.05) is 6.08 Å². The van der Waals surface area contributed by atoms with Crippen LogP contribution in [0.4, 0.5) is 0 Å². The van der Waals surface area contributed by atoms with Crippen LogP contribution in [0.1, 0.15) is 284 Å². The summed E-state index contributed by atoms with van der Waals surface area (Å²) in [5.41, 5.74) is 0. The second kappa shape index (κ2) is 53.4. The lowest BCUT2D eigenvalue weighted by atomic mass is 10.0. The van der Waals surface area contributed by atoms with Gasteiger partial charge >= 0.3 is 0 Å². The number of aliphatic hydroxyl groups excluding tert-OH is 2. The number of nitrogens with one attached hydrogen (secondary N) is 1. The van der Waals surface area contributed by atoms with Crippen LogP contribution >= 0.6 is 0 Å². The monoisotopic (exact) mass is 866 g/mol. The van der Waals surface area contributed by atoms with Crippen LogP contribution in [0.2, 0.25) is 0 Å². The molecule has 0 heterocycles. The van der Waals surface area contributed by atoms with Gasteiger partial charge in [-0.1, -0.05) is 280 Å². The predicted octanol–water partition coefficient (Wildman–Crippen LogP) is 18.0. The molecule has 0 aliphatic carbocycles. The molecule has 362 valence electrons. The van der Waals surface area contributed by atoms with E-state index in [4.69, 9.17) is 0 Å². The maximum Gasteiger partial charge on any atom is 0.220 e. The van der Waals surface area contributed by atoms with Gasteiger partial charge in [-0.15, -0.1) is 0 Å². The fourth-order valence-corrected chi connectivity index (χ4v) is 8.35. The Hall–Kier alpha value is -1.91. The van der Waals surface area contributed by atoms with Gasteiger partial charge in [0.05, 0.1) is 18.8 Å². The minimum atomic E-state index is -0.845. The second-order valence-corrected chi connectivity index (χ2v) is 18.6. The zero-order valence-corrected chi connectivity index (χ0v) is 41.6. The Morgan fingerprint density at radius 2 is 0.710 bits per heavy atom. The molecule has 0 saturated heterocycles. The fourth-order valence-electron chi connectivity index (χ4n) is 8.35. The number of amides is 1. The lowest BCUT2D eigenvalue weighted by Crippen LogP contribution is -2.45. The third kappa shape index (κ3) is 49.1. The Balaban J connectivity index is 3.51. The molecule has 0 aliphatic rings. The van der Waals surface area contributed by atoms with E-state index in [-0.39, 0.29) is 12.5 Å². The van der Waals surface area contributed by atoms with E-state index in [2.05, 4.69) is 67.8 Å². The van der Waals surface area contributed by atoms with Crippen LogP contribution in [0.25, 0.3) is 0 Å². The third-order valence-electron chi connectivity index (χ3n) is 12.5. The highest BCUT2D eigenvalue weighted by Gasteiger charge is 2.18. The number of carbonyl (C=O) groups is 1. The second-order valence-electron chi connectivity index (χ2n) is 18.6. The van der Waals surface area contributed by atoms with E-state index < -0.39 is 12.1 Å². The summed E-state index contributed by atoms with van der Waals surface area (Å²) in [7, 11) is 0. The van der Waals surface area contributed by atoms with Crippen molar-refractivity contribution < 1.29 is 15.0 Å². The van der Waals surface area contributed by atoms with E-state index in [1.165, 1.54) is 212 Å². The van der Waals surface area contributed by atoms with Crippen molar-refractivity contribution in [1.29, 1.82) is 0 Å². The first kappa shape index (κ1) is 60.1. The molecule has 0 aromatic heterocycles. The maximum atomic E-state index is 12.5. The molecule has 62 heavy (non-hydrogen) atoms. The van der Waals surface area contributed by atoms with Gasteiger partial charge in [-0.25, -0.2) is 0 Å². The first-order chi connectivity index (χ1) is 30.7. The van der Waals surface area contributed by atoms with Crippen LogP contribution in [0.3, 0.4) is 0 Å². The van der Waals surface area contributed by atoms with E-state index in [0.29, 0.717) is 6.42 Å². The van der Waals surface area contributed by atoms with Gasteiger partial charge in [-0.05, 0) is 57.8 Å². The number of rotatable bonds is 50. The molecular formula is C58H107NO3. The smallest absolute Gasteiger partial charge is 0.220 e. The van der Waals surface area contributed by atoms with Crippen LogP contribution in [-0.4, -0.2) is 34.9 Å². The van der Waals surface area contributed by atoms with Crippen LogP contribution < -0.4 is 5.32 Å². The van der Waals surface area contributed by atoms with E-state index >= 15 is 0 Å². The number of hydrogen-bond acceptors (Lipinski definition) is 3. The van der Waals surface area contributed by atoms with Crippen molar-refractivity contribution in [2.75, 3.05) is 6.61 Å². The lowest BCUT2D eigenvalue weighted by molar-refractivity contribution is -0.123. The normalized spacial score (nSPS) is 13.3. The highest BCUT2D eigenvalue weighted by Crippen LogP contribution is 2.17. The number of aliphatic hydroxyl groups is 2. The summed E-state index contributed by atoms with van der Waals surface area (Å²) in [6.45, 7) is 4.22. The zero-order valence-electron chi connectivity index (χ0n) is 41.6. The zero-order chi connectivity index (χ0) is 44.9. The molecule has 0 spiro atoms. The van der Waals surface area contributed by atoms with Gasteiger partial charge in [0.25, 0.3) is 0 Å². The molecule has 0 rings (SSSR count). The SMILES string of the molecule is CC/C=C\C/C=C\C/C=C\C/C=C\CCCCCCCCCCCCC(=O)NC(CO)C(O)/C=C/CCCCCCCCCCCCCCCCCCCCCCCCCCC. The molecule has 0 fully saturated rings. The average molecular weight is 866 g/mol. The fraction of sp³-hybridized carbons (Fsp3) is 0.810. The molecule has 0 bridgehead atoms. The summed E-state index contributed by atoms with van der Waals surface area (Å²) >= 11 is 0. The molecule has 2 unspecified atom stereocenters. The summed E-state index contributed by atoms with van der Waals surface area (Å²) in [5, 5.41) is 23.2. The quantitative estimate of drug-likeness (QED) is 0.0421. The van der Waals surface area contributed by atoms with E-state index in [9.17, 15) is 15.0 Å². The highest BCUT2D eigenvalue weighted by molar-refractivity contribution is 5.76. The van der Waals surface area contributed by atoms with Gasteiger partial charge in [0, 0.05) is 6.42 Å². The Morgan fingerprint density at radius 1 is 0.403 bits per heavy atom. The summed E-state index contributed by atoms with van der Waals surface area (Å²) in [5.74, 6) is -0.0676. The predicted molar refractivity (Wildman–Crippen MR) is 276 cm³/mol. The molecule has 4 nitrogen and oxygen atoms in total. The Labute approximate surface area is 387 Å². The van der Waals surface area contributed by atoms with Crippen molar-refractivity contribution in [2.24, 2.45) is 0 Å². The lowest BCUT2D eigenvalue weighted by Gasteiger charge is -2.20. The molecule has 0 aromatic carbocycles. The number of hydrogen-bond donors (Lipinski definition) is 3. The number of allylic oxidation sites excluding steroid dienone is 9. The molecule has 4 heteroatoms. The summed E-state index contributed by atoms with van der Waals surface area (Å²) < 4.78 is 0. The molecule has 2 atom stereocenters. The van der Waals surface area contributed by atoms with Gasteiger partial charge in [0.2, 0.25) is 5.91 Å². The Morgan fingerprint density at radius 3 is 1.06 bits per heavy atom. The first-order valence-corrected chi connectivity index (χ1v) is 27.5. The van der Waals surface area contributed by atoms with Gasteiger partial charge in [-0.2, -0.15) is 0 Å². The maximum absolute atomic E-state index is 12.5. The van der Waals surface area contributed by atoms with Crippen molar-refractivity contribution in [1.82, 2.24) is 5.32 Å². The van der Waals surface area contributed by atoms with Gasteiger partial charge in [0.1, 0.15) is 0 Å². The van der Waals surface area contributed by atoms with Gasteiger partial charge in [-0.3, -0.25) is 4.79 Å². The van der Waals surface area contributed by atoms with Gasteiger partial charge < -0.3 is 15.5 Å². The van der Waals surface area contributed by atoms with Crippen molar-refractivity contribution >= 4 is 5.91 Å². The number of unbranched alkanes of at least 4 members (excludes halogenated alkanes) is 35. The minimum absolute atomic E-state index is 0.0676. The highest BCUT2D eigenvalue weighted by atomic mass is 16.3. The molecular weight excluding hydrogens is 759 g/mol. The van der Waals surface area contributed by atoms with Crippen molar-refractivity contribution in [3.05, 3.63) is 60.8 Å². The van der Waals surface area contributed by atoms with Crippen LogP contribution in [0.15, 0.2) is 60.8 Å². The molecule has 1 amide bonds. The summed E-state index contributed by atoms with van der Waals surface area (Å²) in [6, 6.07) is -0.628. The standard InChI is InChI=1S/C58H107NO3/c1-3-5-7-9-11-13-15-17-19-21-23-25-27-28-29-30-32-33-35-37-39-41-43-45-47-49-51-53-57(61)56(55-60)59-58(62)54-52-50-48-46-44-42-40-38-36-34-31-26-24-22-20-18-16-14-12-10-8-6-4-2/h6,8,12,14,18,20,24,26,51,53,56-57,60-61H,3-5,7,9-11,13,15-17,19,21-23,25,27-50,52,54-55H2,1-2H3,(H,59,62)/b8-6-,14-12-,20-18-,26-24-,53-51+. The molecule has 3 N–H and O–H groups in total. The largest absolute Gasteiger partial charge is 0.394 e. The molecule has 0 radical (unpaired) electrons.